The van der Waals surface area contributed by atoms with Gasteiger partial charge in [-0.05, 0) is 19.3 Å². The van der Waals surface area contributed by atoms with E-state index >= 15 is 0 Å². The van der Waals surface area contributed by atoms with E-state index in [1.54, 1.807) is 6.08 Å². The van der Waals surface area contributed by atoms with Crippen LogP contribution in [0.5, 0.6) is 0 Å². The van der Waals surface area contributed by atoms with Crippen molar-refractivity contribution < 1.29 is 39.8 Å². The molecular weight excluding hydrogens is 731 g/mol. The first-order valence-electron chi connectivity index (χ1n) is 24.9. The summed E-state index contributed by atoms with van der Waals surface area (Å²) < 4.78 is 11.2. The molecule has 0 radical (unpaired) electrons. The van der Waals surface area contributed by atoms with Gasteiger partial charge in [0.15, 0.2) is 6.29 Å². The number of unbranched alkanes of at least 4 members (excludes halogenated alkanes) is 32. The van der Waals surface area contributed by atoms with Crippen molar-refractivity contribution in [2.45, 2.75) is 281 Å². The molecule has 9 nitrogen and oxygen atoms in total. The molecule has 0 bridgehead atoms. The Morgan fingerprint density at radius 3 is 1.34 bits per heavy atom. The highest BCUT2D eigenvalue weighted by atomic mass is 16.7. The number of amides is 1. The second kappa shape index (κ2) is 40.0. The number of carbonyl (C=O) groups is 1. The molecule has 1 aliphatic rings. The molecule has 6 N–H and O–H groups in total. The first-order valence-corrected chi connectivity index (χ1v) is 24.9. The second-order valence-electron chi connectivity index (χ2n) is 17.6. The lowest BCUT2D eigenvalue weighted by Gasteiger charge is -2.40. The van der Waals surface area contributed by atoms with Gasteiger partial charge in [0.05, 0.1) is 25.4 Å². The lowest BCUT2D eigenvalue weighted by molar-refractivity contribution is -0.302. The zero-order valence-corrected chi connectivity index (χ0v) is 37.8. The Morgan fingerprint density at radius 1 is 0.569 bits per heavy atom. The third-order valence-electron chi connectivity index (χ3n) is 12.1. The van der Waals surface area contributed by atoms with Crippen LogP contribution < -0.4 is 5.32 Å². The van der Waals surface area contributed by atoms with E-state index in [1.165, 1.54) is 180 Å². The Morgan fingerprint density at radius 2 is 0.948 bits per heavy atom. The summed E-state index contributed by atoms with van der Waals surface area (Å²) in [6, 6.07) is -0.797. The van der Waals surface area contributed by atoms with Crippen molar-refractivity contribution in [1.82, 2.24) is 5.32 Å². The lowest BCUT2D eigenvalue weighted by Crippen LogP contribution is -2.60. The van der Waals surface area contributed by atoms with Crippen molar-refractivity contribution in [3.8, 4) is 0 Å². The van der Waals surface area contributed by atoms with Gasteiger partial charge in [0.1, 0.15) is 24.4 Å². The number of ether oxygens (including phenoxy) is 2. The van der Waals surface area contributed by atoms with Crippen LogP contribution in [0.1, 0.15) is 239 Å². The van der Waals surface area contributed by atoms with Gasteiger partial charge in [0, 0.05) is 6.42 Å². The fourth-order valence-electron chi connectivity index (χ4n) is 8.10. The SMILES string of the molecule is CCCCCCCC/C=C/C(O)C(COC1OC(CO)C(O)C(O)C1O)NC(=O)CCCCCCCCCCCCCCCCCCCCCCCCCCCCC. The molecule has 9 heteroatoms. The van der Waals surface area contributed by atoms with Crippen LogP contribution in [0, 0.1) is 0 Å². The number of rotatable bonds is 42. The predicted octanol–water partition coefficient (Wildman–Crippen LogP) is 10.9. The number of aliphatic hydroxyl groups is 5. The zero-order chi connectivity index (χ0) is 42.3. The lowest BCUT2D eigenvalue weighted by atomic mass is 9.99. The molecule has 58 heavy (non-hydrogen) atoms. The Kier molecular flexibility index (Phi) is 37.9. The monoisotopic (exact) mass is 826 g/mol. The van der Waals surface area contributed by atoms with Gasteiger partial charge in [0.25, 0.3) is 0 Å². The Labute approximate surface area is 356 Å². The minimum absolute atomic E-state index is 0.176. The van der Waals surface area contributed by atoms with Crippen molar-refractivity contribution in [2.24, 2.45) is 0 Å². The van der Waals surface area contributed by atoms with Crippen molar-refractivity contribution in [1.29, 1.82) is 0 Å². The van der Waals surface area contributed by atoms with Gasteiger partial charge in [-0.1, -0.05) is 225 Å². The van der Waals surface area contributed by atoms with E-state index in [-0.39, 0.29) is 12.5 Å². The van der Waals surface area contributed by atoms with E-state index in [0.29, 0.717) is 6.42 Å². The van der Waals surface area contributed by atoms with Crippen molar-refractivity contribution in [3.05, 3.63) is 12.2 Å². The summed E-state index contributed by atoms with van der Waals surface area (Å²) in [7, 11) is 0. The summed E-state index contributed by atoms with van der Waals surface area (Å²) in [6.45, 7) is 3.75. The fraction of sp³-hybridized carbons (Fsp3) is 0.939. The number of allylic oxidation sites excluding steroid dienone is 1. The summed E-state index contributed by atoms with van der Waals surface area (Å²) in [5, 5.41) is 54.0. The molecule has 0 saturated carbocycles. The topological polar surface area (TPSA) is 149 Å². The molecular formula is C49H95NO8. The normalized spacial score (nSPS) is 20.8. The van der Waals surface area contributed by atoms with Gasteiger partial charge in [-0.15, -0.1) is 0 Å². The Balaban J connectivity index is 2.12. The van der Waals surface area contributed by atoms with E-state index < -0.39 is 49.5 Å². The summed E-state index contributed by atoms with van der Waals surface area (Å²) in [5.41, 5.74) is 0. The maximum atomic E-state index is 12.9. The third kappa shape index (κ3) is 30.0. The van der Waals surface area contributed by atoms with Gasteiger partial charge in [-0.3, -0.25) is 4.79 Å². The minimum atomic E-state index is -1.56. The van der Waals surface area contributed by atoms with Gasteiger partial charge < -0.3 is 40.3 Å². The van der Waals surface area contributed by atoms with Crippen LogP contribution in [0.4, 0.5) is 0 Å². The van der Waals surface area contributed by atoms with E-state index in [9.17, 15) is 30.3 Å². The molecule has 0 aromatic heterocycles. The fourth-order valence-corrected chi connectivity index (χ4v) is 8.10. The van der Waals surface area contributed by atoms with E-state index in [1.807, 2.05) is 6.08 Å². The van der Waals surface area contributed by atoms with Crippen LogP contribution in [-0.4, -0.2) is 87.5 Å². The van der Waals surface area contributed by atoms with Crippen LogP contribution in [-0.2, 0) is 14.3 Å². The summed E-state index contributed by atoms with van der Waals surface area (Å²) >= 11 is 0. The number of nitrogens with one attached hydrogen (secondary N) is 1. The first kappa shape index (κ1) is 54.9. The van der Waals surface area contributed by atoms with Crippen LogP contribution in [0.15, 0.2) is 12.2 Å². The van der Waals surface area contributed by atoms with Crippen LogP contribution >= 0.6 is 0 Å². The van der Waals surface area contributed by atoms with Crippen LogP contribution in [0.2, 0.25) is 0 Å². The van der Waals surface area contributed by atoms with Crippen molar-refractivity contribution in [2.75, 3.05) is 13.2 Å². The van der Waals surface area contributed by atoms with E-state index in [2.05, 4.69) is 19.2 Å². The average Bonchev–Trinajstić information content (AvgIpc) is 3.22. The number of hydrogen-bond acceptors (Lipinski definition) is 8. The number of aliphatic hydroxyl groups excluding tert-OH is 5. The Bertz CT molecular complexity index is 919. The highest BCUT2D eigenvalue weighted by molar-refractivity contribution is 5.76. The highest BCUT2D eigenvalue weighted by Gasteiger charge is 2.44. The van der Waals surface area contributed by atoms with Gasteiger partial charge in [-0.2, -0.15) is 0 Å². The standard InChI is InChI=1S/C49H95NO8/c1-3-5-7-9-11-13-14-15-16-17-18-19-20-21-22-23-24-25-26-27-28-29-30-31-33-35-37-39-45(53)50-42(43(52)38-36-34-32-12-10-8-6-4-2)41-57-49-48(56)47(55)46(54)44(40-51)58-49/h36,38,42-44,46-49,51-52,54-56H,3-35,37,39-41H2,1-2H3,(H,50,53)/b38-36+. The van der Waals surface area contributed by atoms with Crippen molar-refractivity contribution >= 4 is 5.91 Å². The van der Waals surface area contributed by atoms with Gasteiger partial charge in [-0.25, -0.2) is 0 Å². The van der Waals surface area contributed by atoms with Gasteiger partial charge >= 0.3 is 0 Å². The smallest absolute Gasteiger partial charge is 0.220 e. The number of hydrogen-bond donors (Lipinski definition) is 6. The molecule has 0 aromatic carbocycles. The van der Waals surface area contributed by atoms with E-state index in [4.69, 9.17) is 9.47 Å². The molecule has 7 unspecified atom stereocenters. The molecule has 344 valence electrons. The molecule has 1 rings (SSSR count). The molecule has 1 aliphatic heterocycles. The summed E-state index contributed by atoms with van der Waals surface area (Å²) in [6.07, 6.45) is 40.1. The quantitative estimate of drug-likeness (QED) is 0.0263. The van der Waals surface area contributed by atoms with E-state index in [0.717, 1.165) is 38.5 Å². The summed E-state index contributed by atoms with van der Waals surface area (Å²) in [5.74, 6) is -0.176. The summed E-state index contributed by atoms with van der Waals surface area (Å²) in [4.78, 5) is 12.9. The van der Waals surface area contributed by atoms with Crippen molar-refractivity contribution in [3.63, 3.8) is 0 Å². The molecule has 1 fully saturated rings. The van der Waals surface area contributed by atoms with Crippen LogP contribution in [0.25, 0.3) is 0 Å². The zero-order valence-electron chi connectivity index (χ0n) is 37.8. The molecule has 1 saturated heterocycles. The molecule has 1 heterocycles. The third-order valence-corrected chi connectivity index (χ3v) is 12.1. The maximum absolute atomic E-state index is 12.9. The largest absolute Gasteiger partial charge is 0.394 e. The highest BCUT2D eigenvalue weighted by Crippen LogP contribution is 2.23. The van der Waals surface area contributed by atoms with Gasteiger partial charge in [0.2, 0.25) is 5.91 Å². The molecule has 0 spiro atoms. The maximum Gasteiger partial charge on any atom is 0.220 e. The predicted molar refractivity (Wildman–Crippen MR) is 240 cm³/mol. The Hall–Kier alpha value is -1.07. The number of carbonyl (C=O) groups excluding carboxylic acids is 1. The average molecular weight is 826 g/mol. The minimum Gasteiger partial charge on any atom is -0.394 e. The molecule has 1 amide bonds. The molecule has 0 aromatic rings. The van der Waals surface area contributed by atoms with Crippen LogP contribution in [0.3, 0.4) is 0 Å². The molecule has 0 aliphatic carbocycles. The second-order valence-corrected chi connectivity index (χ2v) is 17.6. The molecule has 7 atom stereocenters. The first-order chi connectivity index (χ1) is 28.3.